The summed E-state index contributed by atoms with van der Waals surface area (Å²) in [4.78, 5) is 9.71. The molecule has 0 fully saturated rings. The van der Waals surface area contributed by atoms with Crippen molar-refractivity contribution in [3.05, 3.63) is 40.7 Å². The summed E-state index contributed by atoms with van der Waals surface area (Å²) in [5.74, 6) is 0. The number of nitrogens with zero attached hydrogens (tertiary/aromatic N) is 3. The van der Waals surface area contributed by atoms with Gasteiger partial charge in [0.05, 0.1) is 16.0 Å². The first kappa shape index (κ1) is 13.2. The second-order valence-corrected chi connectivity index (χ2v) is 5.42. The normalized spacial score (nSPS) is 11.5. The molecule has 0 aliphatic rings. The Morgan fingerprint density at radius 3 is 2.58 bits per heavy atom. The van der Waals surface area contributed by atoms with Gasteiger partial charge in [0, 0.05) is 36.5 Å². The second-order valence-electron chi connectivity index (χ2n) is 3.89. The molecule has 1 aromatic heterocycles. The van der Waals surface area contributed by atoms with Crippen LogP contribution in [-0.2, 0) is 17.1 Å². The second kappa shape index (κ2) is 4.44. The van der Waals surface area contributed by atoms with Gasteiger partial charge in [-0.2, -0.15) is 5.10 Å². The van der Waals surface area contributed by atoms with E-state index in [1.807, 2.05) is 0 Å². The molecule has 1 aromatic carbocycles. The lowest BCUT2D eigenvalue weighted by Gasteiger charge is -2.05. The predicted molar refractivity (Wildman–Crippen MR) is 66.7 cm³/mol. The SMILES string of the molecule is Cn1cc(-c2ccc([N+](=O)[O-])cc2S(N)(=O)=O)cn1. The lowest BCUT2D eigenvalue weighted by atomic mass is 10.1. The Labute approximate surface area is 108 Å². The minimum absolute atomic E-state index is 0.279. The summed E-state index contributed by atoms with van der Waals surface area (Å²) < 4.78 is 24.6. The van der Waals surface area contributed by atoms with Gasteiger partial charge in [-0.25, -0.2) is 13.6 Å². The highest BCUT2D eigenvalue weighted by Gasteiger charge is 2.20. The average molecular weight is 282 g/mol. The summed E-state index contributed by atoms with van der Waals surface area (Å²) in [6.07, 6.45) is 3.05. The fourth-order valence-corrected chi connectivity index (χ4v) is 2.44. The van der Waals surface area contributed by atoms with Crippen LogP contribution in [0.25, 0.3) is 11.1 Å². The number of aryl methyl sites for hydroxylation is 1. The van der Waals surface area contributed by atoms with Crippen molar-refractivity contribution in [3.63, 3.8) is 0 Å². The van der Waals surface area contributed by atoms with Gasteiger partial charge >= 0.3 is 0 Å². The number of nitrogens with two attached hydrogens (primary N) is 1. The van der Waals surface area contributed by atoms with E-state index in [0.717, 1.165) is 6.07 Å². The van der Waals surface area contributed by atoms with Gasteiger partial charge in [-0.1, -0.05) is 0 Å². The van der Waals surface area contributed by atoms with Gasteiger partial charge in [0.2, 0.25) is 10.0 Å². The summed E-state index contributed by atoms with van der Waals surface area (Å²) in [6, 6.07) is 3.50. The predicted octanol–water partition coefficient (Wildman–Crippen LogP) is 0.643. The summed E-state index contributed by atoms with van der Waals surface area (Å²) >= 11 is 0. The number of nitro benzene ring substituents is 1. The fourth-order valence-electron chi connectivity index (χ4n) is 1.66. The van der Waals surface area contributed by atoms with E-state index in [9.17, 15) is 18.5 Å². The third-order valence-corrected chi connectivity index (χ3v) is 3.45. The first-order valence-electron chi connectivity index (χ1n) is 5.09. The summed E-state index contributed by atoms with van der Waals surface area (Å²) in [5, 5.41) is 19.7. The zero-order chi connectivity index (χ0) is 14.2. The molecule has 0 saturated heterocycles. The summed E-state index contributed by atoms with van der Waals surface area (Å²) in [5.41, 5.74) is 0.458. The molecule has 0 amide bonds. The Morgan fingerprint density at radius 2 is 2.11 bits per heavy atom. The van der Waals surface area contributed by atoms with E-state index in [1.54, 1.807) is 13.2 Å². The molecule has 0 saturated carbocycles. The number of non-ortho nitro benzene ring substituents is 1. The van der Waals surface area contributed by atoms with Crippen LogP contribution in [-0.4, -0.2) is 23.1 Å². The van der Waals surface area contributed by atoms with Crippen LogP contribution in [0.3, 0.4) is 0 Å². The number of hydrogen-bond acceptors (Lipinski definition) is 5. The molecule has 9 heteroatoms. The third-order valence-electron chi connectivity index (χ3n) is 2.50. The van der Waals surface area contributed by atoms with Crippen molar-refractivity contribution in [1.29, 1.82) is 0 Å². The van der Waals surface area contributed by atoms with E-state index < -0.39 is 14.9 Å². The van der Waals surface area contributed by atoms with Crippen LogP contribution in [0.5, 0.6) is 0 Å². The van der Waals surface area contributed by atoms with E-state index in [1.165, 1.54) is 23.0 Å². The van der Waals surface area contributed by atoms with Crippen LogP contribution in [0.4, 0.5) is 5.69 Å². The molecule has 2 N–H and O–H groups in total. The van der Waals surface area contributed by atoms with Crippen molar-refractivity contribution in [3.8, 4) is 11.1 Å². The number of aromatic nitrogens is 2. The average Bonchev–Trinajstić information content (AvgIpc) is 2.73. The maximum absolute atomic E-state index is 11.5. The molecule has 2 aromatic rings. The Hall–Kier alpha value is -2.26. The molecule has 1 heterocycles. The highest BCUT2D eigenvalue weighted by Crippen LogP contribution is 2.29. The Kier molecular flexibility index (Phi) is 3.08. The third kappa shape index (κ3) is 2.61. The topological polar surface area (TPSA) is 121 Å². The Morgan fingerprint density at radius 1 is 1.42 bits per heavy atom. The van der Waals surface area contributed by atoms with Crippen molar-refractivity contribution in [2.24, 2.45) is 12.2 Å². The first-order chi connectivity index (χ1) is 8.79. The standard InChI is InChI=1S/C10H10N4O4S/c1-13-6-7(5-12-13)9-3-2-8(14(15)16)4-10(9)19(11,17)18/h2-6H,1H3,(H2,11,17,18). The molecule has 19 heavy (non-hydrogen) atoms. The lowest BCUT2D eigenvalue weighted by molar-refractivity contribution is -0.385. The number of hydrogen-bond donors (Lipinski definition) is 1. The monoisotopic (exact) mass is 282 g/mol. The minimum Gasteiger partial charge on any atom is -0.275 e. The lowest BCUT2D eigenvalue weighted by Crippen LogP contribution is -2.13. The van der Waals surface area contributed by atoms with E-state index in [0.29, 0.717) is 5.56 Å². The molecule has 2 rings (SSSR count). The molecule has 8 nitrogen and oxygen atoms in total. The van der Waals surface area contributed by atoms with Crippen LogP contribution >= 0.6 is 0 Å². The quantitative estimate of drug-likeness (QED) is 0.654. The fraction of sp³-hybridized carbons (Fsp3) is 0.100. The van der Waals surface area contributed by atoms with Gasteiger partial charge in [-0.3, -0.25) is 14.8 Å². The van der Waals surface area contributed by atoms with Gasteiger partial charge in [0.25, 0.3) is 5.69 Å². The number of primary sulfonamides is 1. The van der Waals surface area contributed by atoms with E-state index in [-0.39, 0.29) is 16.1 Å². The highest BCUT2D eigenvalue weighted by molar-refractivity contribution is 7.89. The molecule has 100 valence electrons. The summed E-state index contributed by atoms with van der Waals surface area (Å²) in [7, 11) is -2.40. The zero-order valence-electron chi connectivity index (χ0n) is 9.85. The molecule has 0 spiro atoms. The maximum atomic E-state index is 11.5. The summed E-state index contributed by atoms with van der Waals surface area (Å²) in [6.45, 7) is 0. The Balaban J connectivity index is 2.71. The van der Waals surface area contributed by atoms with E-state index >= 15 is 0 Å². The van der Waals surface area contributed by atoms with E-state index in [4.69, 9.17) is 5.14 Å². The molecule has 0 aliphatic heterocycles. The van der Waals surface area contributed by atoms with Crippen LogP contribution in [0, 0.1) is 10.1 Å². The Bertz CT molecular complexity index is 751. The number of rotatable bonds is 3. The molecule has 0 radical (unpaired) electrons. The minimum atomic E-state index is -4.07. The van der Waals surface area contributed by atoms with Crippen LogP contribution in [0.2, 0.25) is 0 Å². The van der Waals surface area contributed by atoms with Crippen LogP contribution < -0.4 is 5.14 Å². The number of nitro groups is 1. The number of benzene rings is 1. The van der Waals surface area contributed by atoms with Gasteiger partial charge < -0.3 is 0 Å². The number of sulfonamides is 1. The largest absolute Gasteiger partial charge is 0.275 e. The molecule has 0 unspecified atom stereocenters. The molecule has 0 aliphatic carbocycles. The van der Waals surface area contributed by atoms with Crippen LogP contribution in [0.1, 0.15) is 0 Å². The van der Waals surface area contributed by atoms with Crippen molar-refractivity contribution in [1.82, 2.24) is 9.78 Å². The zero-order valence-corrected chi connectivity index (χ0v) is 10.7. The first-order valence-corrected chi connectivity index (χ1v) is 6.64. The van der Waals surface area contributed by atoms with Crippen molar-refractivity contribution in [2.75, 3.05) is 0 Å². The van der Waals surface area contributed by atoms with Gasteiger partial charge in [0.1, 0.15) is 0 Å². The van der Waals surface area contributed by atoms with Crippen molar-refractivity contribution in [2.45, 2.75) is 4.90 Å². The van der Waals surface area contributed by atoms with Crippen molar-refractivity contribution < 1.29 is 13.3 Å². The smallest absolute Gasteiger partial charge is 0.270 e. The van der Waals surface area contributed by atoms with E-state index in [2.05, 4.69) is 5.10 Å². The molecule has 0 atom stereocenters. The van der Waals surface area contributed by atoms with Crippen LogP contribution in [0.15, 0.2) is 35.5 Å². The maximum Gasteiger partial charge on any atom is 0.270 e. The molecular weight excluding hydrogens is 272 g/mol. The van der Waals surface area contributed by atoms with Gasteiger partial charge in [-0.15, -0.1) is 0 Å². The van der Waals surface area contributed by atoms with Crippen molar-refractivity contribution >= 4 is 15.7 Å². The molecular formula is C10H10N4O4S. The highest BCUT2D eigenvalue weighted by atomic mass is 32.2. The van der Waals surface area contributed by atoms with Gasteiger partial charge in [0.15, 0.2) is 0 Å². The van der Waals surface area contributed by atoms with Gasteiger partial charge in [-0.05, 0) is 6.07 Å². The molecule has 0 bridgehead atoms.